The van der Waals surface area contributed by atoms with Crippen LogP contribution in [-0.4, -0.2) is 8.32 Å². The van der Waals surface area contributed by atoms with Gasteiger partial charge in [-0.2, -0.15) is 0 Å². The van der Waals surface area contributed by atoms with Gasteiger partial charge in [-0.05, 0) is 0 Å². The Kier molecular flexibility index (Phi) is 0.828. The molecule has 0 saturated heterocycles. The zero-order valence-electron chi connectivity index (χ0n) is 3.12. The molecule has 2 N–H and O–H groups in total. The number of hydrogen-bond donors (Lipinski definition) is 2. The first kappa shape index (κ1) is 6.05. The van der Waals surface area contributed by atoms with E-state index in [0.717, 1.165) is 0 Å². The van der Waals surface area contributed by atoms with E-state index in [1.807, 2.05) is 0 Å². The van der Waals surface area contributed by atoms with E-state index in [2.05, 4.69) is 0 Å². The fraction of sp³-hybridized carbons (Fsp3) is 1.00. The minimum absolute atomic E-state index is 0.375. The summed E-state index contributed by atoms with van der Waals surface area (Å²) in [6.07, 6.45) is 0. The second-order valence-electron chi connectivity index (χ2n) is 1.15. The fourth-order valence-electron chi connectivity index (χ4n) is 0. The van der Waals surface area contributed by atoms with Crippen LogP contribution in [0.5, 0.6) is 0 Å². The molecule has 0 heterocycles. The Hall–Kier alpha value is 0.0525. The van der Waals surface area contributed by atoms with Crippen LogP contribution in [0.4, 0.5) is 0 Å². The van der Waals surface area contributed by atoms with Crippen LogP contribution in [0, 0.1) is 0 Å². The van der Waals surface area contributed by atoms with Gasteiger partial charge in [0.25, 0.3) is 0 Å². The van der Waals surface area contributed by atoms with Crippen LogP contribution in [0.15, 0.2) is 0 Å². The molecule has 0 atom stereocenters. The van der Waals surface area contributed by atoms with Gasteiger partial charge >= 0.3 is 34.3 Å². The molecule has 39 valence electrons. The molecule has 0 unspecified atom stereocenters. The molecule has 0 aliphatic rings. The average molecular weight is 133 g/mol. The summed E-state index contributed by atoms with van der Waals surface area (Å²) in [7, 11) is 0. The van der Waals surface area contributed by atoms with E-state index in [1.54, 1.807) is 0 Å². The Balaban J connectivity index is 4.69. The van der Waals surface area contributed by atoms with Gasteiger partial charge in [-0.1, -0.05) is 0 Å². The molecule has 0 bridgehead atoms. The van der Waals surface area contributed by atoms with Crippen molar-refractivity contribution in [3.8, 4) is 0 Å². The summed E-state index contributed by atoms with van der Waals surface area (Å²) in [5.41, 5.74) is 0. The molecular weight excluding hydrogens is 128 g/mol. The molecule has 5 heteroatoms. The van der Waals surface area contributed by atoms with Gasteiger partial charge in [0.15, 0.2) is 0 Å². The summed E-state index contributed by atoms with van der Waals surface area (Å²) in [5.74, 6) is 0.375. The van der Waals surface area contributed by atoms with Crippen molar-refractivity contribution in [3.05, 3.63) is 0 Å². The topological polar surface area (TPSA) is 74.6 Å². The van der Waals surface area contributed by atoms with Gasteiger partial charge < -0.3 is 0 Å². The molecule has 0 radical (unpaired) electrons. The standard InChI is InChI=1S/CH3.Cr.2H2O.2O/h1H3;;2*1H2;;/q;+2;;;;/p-2. The van der Waals surface area contributed by atoms with Gasteiger partial charge in [0.1, 0.15) is 0 Å². The first-order valence-electron chi connectivity index (χ1n) is 1.11. The number of hydrogen-bond acceptors (Lipinski definition) is 2. The fourth-order valence-corrected chi connectivity index (χ4v) is 0. The molecule has 0 aromatic carbocycles. The Morgan fingerprint density at radius 2 is 1.33 bits per heavy atom. The first-order valence-corrected chi connectivity index (χ1v) is 4.56. The second-order valence-corrected chi connectivity index (χ2v) is 4.73. The molecule has 0 aromatic heterocycles. The number of rotatable bonds is 0. The molecule has 4 nitrogen and oxygen atoms in total. The van der Waals surface area contributed by atoms with Gasteiger partial charge in [0, 0.05) is 0 Å². The summed E-state index contributed by atoms with van der Waals surface area (Å²) < 4.78 is 34.0. The maximum atomic E-state index is 9.40. The predicted octanol–water partition coefficient (Wildman–Crippen LogP) is -0.770. The van der Waals surface area contributed by atoms with Crippen LogP contribution in [0.1, 0.15) is 0 Å². The predicted molar refractivity (Wildman–Crippen MR) is 11.7 cm³/mol. The monoisotopic (exact) mass is 133 g/mol. The third kappa shape index (κ3) is 13700. The van der Waals surface area contributed by atoms with Crippen molar-refractivity contribution in [1.29, 1.82) is 0 Å². The third-order valence-corrected chi connectivity index (χ3v) is 0. The van der Waals surface area contributed by atoms with E-state index in [0.29, 0.717) is 5.79 Å². The summed E-state index contributed by atoms with van der Waals surface area (Å²) in [6.45, 7) is 0. The molecule has 0 fully saturated rings. The van der Waals surface area contributed by atoms with Crippen molar-refractivity contribution in [2.24, 2.45) is 0 Å². The van der Waals surface area contributed by atoms with Gasteiger partial charge in [0.05, 0.1) is 0 Å². The SMILES string of the molecule is [CH3][Cr](=[O])(=[O])([OH])[OH]. The molecule has 0 amide bonds. The Bertz CT molecular complexity index is 134. The molecule has 0 rings (SSSR count). The van der Waals surface area contributed by atoms with Crippen molar-refractivity contribution < 1.29 is 28.5 Å². The summed E-state index contributed by atoms with van der Waals surface area (Å²) in [4.78, 5) is 0. The van der Waals surface area contributed by atoms with Crippen molar-refractivity contribution in [2.75, 3.05) is 0 Å². The van der Waals surface area contributed by atoms with Crippen molar-refractivity contribution in [2.45, 2.75) is 5.79 Å². The Labute approximate surface area is 35.1 Å². The van der Waals surface area contributed by atoms with E-state index in [4.69, 9.17) is 8.32 Å². The van der Waals surface area contributed by atoms with E-state index in [-0.39, 0.29) is 0 Å². The molecule has 0 saturated carbocycles. The van der Waals surface area contributed by atoms with E-state index in [9.17, 15) is 7.61 Å². The minimum atomic E-state index is -5.88. The van der Waals surface area contributed by atoms with E-state index >= 15 is 0 Å². The van der Waals surface area contributed by atoms with Crippen LogP contribution in [-0.2, 0) is 20.1 Å². The first-order chi connectivity index (χ1) is 2.24. The van der Waals surface area contributed by atoms with Gasteiger partial charge in [-0.3, -0.25) is 0 Å². The molecule has 0 aliphatic heterocycles. The summed E-state index contributed by atoms with van der Waals surface area (Å²) in [6, 6.07) is 0. The summed E-state index contributed by atoms with van der Waals surface area (Å²) >= 11 is -5.88. The summed E-state index contributed by atoms with van der Waals surface area (Å²) in [5, 5.41) is 0. The average Bonchev–Trinajstić information content (AvgIpc) is 0.650. The Morgan fingerprint density at radius 1 is 1.33 bits per heavy atom. The van der Waals surface area contributed by atoms with E-state index < -0.39 is 12.5 Å². The Morgan fingerprint density at radius 3 is 1.33 bits per heavy atom. The third-order valence-electron chi connectivity index (χ3n) is 0. The molecule has 0 aliphatic carbocycles. The second kappa shape index (κ2) is 0.821. The van der Waals surface area contributed by atoms with Gasteiger partial charge in [0.2, 0.25) is 0 Å². The van der Waals surface area contributed by atoms with Crippen LogP contribution in [0.3, 0.4) is 0 Å². The van der Waals surface area contributed by atoms with E-state index in [1.165, 1.54) is 0 Å². The molecule has 6 heavy (non-hydrogen) atoms. The molecule has 0 aromatic rings. The van der Waals surface area contributed by atoms with Crippen molar-refractivity contribution in [1.82, 2.24) is 0 Å². The van der Waals surface area contributed by atoms with Crippen molar-refractivity contribution >= 4 is 0 Å². The normalized spacial score (nSPS) is 18.8. The van der Waals surface area contributed by atoms with Crippen molar-refractivity contribution in [3.63, 3.8) is 0 Å². The zero-order valence-corrected chi connectivity index (χ0v) is 4.39. The van der Waals surface area contributed by atoms with Gasteiger partial charge in [-0.15, -0.1) is 0 Å². The van der Waals surface area contributed by atoms with Crippen LogP contribution in [0.2, 0.25) is 5.79 Å². The molecular formula is CH5CrO4. The quantitative estimate of drug-likeness (QED) is 0.455. The molecule has 0 spiro atoms. The van der Waals surface area contributed by atoms with Crippen LogP contribution in [0.25, 0.3) is 0 Å². The van der Waals surface area contributed by atoms with Crippen LogP contribution >= 0.6 is 0 Å². The maximum absolute atomic E-state index is 9.40. The van der Waals surface area contributed by atoms with Crippen LogP contribution < -0.4 is 0 Å². The van der Waals surface area contributed by atoms with Gasteiger partial charge in [-0.25, -0.2) is 0 Å². The zero-order chi connectivity index (χ0) is 5.45.